The molecule has 0 aromatic heterocycles. The van der Waals surface area contributed by atoms with Crippen LogP contribution in [0.15, 0.2) is 24.3 Å². The molecule has 1 fully saturated rings. The summed E-state index contributed by atoms with van der Waals surface area (Å²) >= 11 is 0. The molecule has 1 aromatic rings. The molecule has 0 radical (unpaired) electrons. The van der Waals surface area contributed by atoms with E-state index in [1.807, 2.05) is 0 Å². The third-order valence-electron chi connectivity index (χ3n) is 3.20. The lowest BCUT2D eigenvalue weighted by Gasteiger charge is -2.31. The summed E-state index contributed by atoms with van der Waals surface area (Å²) < 4.78 is 18.2. The average Bonchev–Trinajstić information content (AvgIpc) is 2.33. The third kappa shape index (κ3) is 2.73. The van der Waals surface area contributed by atoms with E-state index in [1.54, 1.807) is 19.2 Å². The van der Waals surface area contributed by atoms with Crippen molar-refractivity contribution in [2.75, 3.05) is 12.4 Å². The van der Waals surface area contributed by atoms with Crippen LogP contribution >= 0.6 is 0 Å². The quantitative estimate of drug-likeness (QED) is 0.849. The Balaban J connectivity index is 1.99. The molecule has 1 aromatic carbocycles. The third-order valence-corrected chi connectivity index (χ3v) is 3.20. The minimum absolute atomic E-state index is 0.197. The van der Waals surface area contributed by atoms with Crippen LogP contribution in [0.3, 0.4) is 0 Å². The van der Waals surface area contributed by atoms with Crippen LogP contribution in [-0.4, -0.2) is 19.3 Å². The average molecular weight is 223 g/mol. The van der Waals surface area contributed by atoms with Gasteiger partial charge < -0.3 is 10.1 Å². The predicted molar refractivity (Wildman–Crippen MR) is 63.1 cm³/mol. The molecule has 1 N–H and O–H groups in total. The van der Waals surface area contributed by atoms with Gasteiger partial charge in [-0.25, -0.2) is 4.39 Å². The molecule has 0 saturated heterocycles. The van der Waals surface area contributed by atoms with Crippen molar-refractivity contribution in [1.82, 2.24) is 0 Å². The van der Waals surface area contributed by atoms with E-state index in [0.717, 1.165) is 18.5 Å². The zero-order valence-corrected chi connectivity index (χ0v) is 9.58. The zero-order valence-electron chi connectivity index (χ0n) is 9.58. The van der Waals surface area contributed by atoms with E-state index >= 15 is 0 Å². The van der Waals surface area contributed by atoms with Crippen molar-refractivity contribution >= 4 is 5.69 Å². The summed E-state index contributed by atoms with van der Waals surface area (Å²) in [5.41, 5.74) is 0.968. The minimum atomic E-state index is -0.197. The van der Waals surface area contributed by atoms with Gasteiger partial charge in [-0.05, 0) is 37.1 Å². The maximum absolute atomic E-state index is 12.8. The highest BCUT2D eigenvalue weighted by molar-refractivity contribution is 5.44. The van der Waals surface area contributed by atoms with Crippen molar-refractivity contribution in [2.45, 2.75) is 37.8 Å². The van der Waals surface area contributed by atoms with Crippen LogP contribution in [0.1, 0.15) is 25.7 Å². The van der Waals surface area contributed by atoms with Gasteiger partial charge in [0, 0.05) is 12.8 Å². The van der Waals surface area contributed by atoms with E-state index in [2.05, 4.69) is 5.32 Å². The Kier molecular flexibility index (Phi) is 3.78. The summed E-state index contributed by atoms with van der Waals surface area (Å²) in [4.78, 5) is 0. The van der Waals surface area contributed by atoms with Gasteiger partial charge in [-0.1, -0.05) is 12.8 Å². The van der Waals surface area contributed by atoms with Crippen molar-refractivity contribution < 1.29 is 9.13 Å². The smallest absolute Gasteiger partial charge is 0.123 e. The normalized spacial score (nSPS) is 25.4. The molecule has 1 aliphatic carbocycles. The fourth-order valence-corrected chi connectivity index (χ4v) is 2.30. The molecule has 0 amide bonds. The van der Waals surface area contributed by atoms with Gasteiger partial charge in [-0.15, -0.1) is 0 Å². The van der Waals surface area contributed by atoms with Crippen LogP contribution in [0.2, 0.25) is 0 Å². The van der Waals surface area contributed by atoms with E-state index < -0.39 is 0 Å². The lowest BCUT2D eigenvalue weighted by molar-refractivity contribution is 0.0606. The lowest BCUT2D eigenvalue weighted by Crippen LogP contribution is -2.37. The molecule has 2 atom stereocenters. The first-order valence-electron chi connectivity index (χ1n) is 5.84. The van der Waals surface area contributed by atoms with Crippen LogP contribution in [-0.2, 0) is 4.74 Å². The first-order valence-corrected chi connectivity index (χ1v) is 5.84. The molecular weight excluding hydrogens is 205 g/mol. The molecule has 2 unspecified atom stereocenters. The van der Waals surface area contributed by atoms with Gasteiger partial charge >= 0.3 is 0 Å². The highest BCUT2D eigenvalue weighted by atomic mass is 19.1. The van der Waals surface area contributed by atoms with Gasteiger partial charge in [-0.3, -0.25) is 0 Å². The van der Waals surface area contributed by atoms with Crippen LogP contribution in [0, 0.1) is 5.82 Å². The fourth-order valence-electron chi connectivity index (χ4n) is 2.30. The topological polar surface area (TPSA) is 21.3 Å². The Hall–Kier alpha value is -1.09. The van der Waals surface area contributed by atoms with Crippen LogP contribution in [0.25, 0.3) is 0 Å². The monoisotopic (exact) mass is 223 g/mol. The summed E-state index contributed by atoms with van der Waals surface area (Å²) in [7, 11) is 1.76. The summed E-state index contributed by atoms with van der Waals surface area (Å²) in [6.45, 7) is 0. The van der Waals surface area contributed by atoms with Crippen LogP contribution in [0.4, 0.5) is 10.1 Å². The van der Waals surface area contributed by atoms with Crippen molar-refractivity contribution in [2.24, 2.45) is 0 Å². The number of anilines is 1. The van der Waals surface area contributed by atoms with Gasteiger partial charge in [0.25, 0.3) is 0 Å². The summed E-state index contributed by atoms with van der Waals surface area (Å²) in [5, 5.41) is 3.42. The molecule has 0 aliphatic heterocycles. The number of halogens is 1. The van der Waals surface area contributed by atoms with E-state index in [0.29, 0.717) is 6.04 Å². The van der Waals surface area contributed by atoms with E-state index in [9.17, 15) is 4.39 Å². The van der Waals surface area contributed by atoms with Crippen LogP contribution < -0.4 is 5.32 Å². The predicted octanol–water partition coefficient (Wildman–Crippen LogP) is 3.20. The minimum Gasteiger partial charge on any atom is -0.380 e. The molecule has 3 heteroatoms. The van der Waals surface area contributed by atoms with Crippen molar-refractivity contribution in [3.63, 3.8) is 0 Å². The van der Waals surface area contributed by atoms with Gasteiger partial charge in [0.15, 0.2) is 0 Å². The summed E-state index contributed by atoms with van der Waals surface area (Å²) in [6, 6.07) is 6.86. The second-order valence-electron chi connectivity index (χ2n) is 4.32. The number of benzene rings is 1. The number of hydrogen-bond donors (Lipinski definition) is 1. The summed E-state index contributed by atoms with van der Waals surface area (Å²) in [5.74, 6) is -0.197. The number of methoxy groups -OCH3 is 1. The molecule has 88 valence electrons. The van der Waals surface area contributed by atoms with E-state index in [1.165, 1.54) is 25.0 Å². The molecule has 2 rings (SSSR count). The first-order chi connectivity index (χ1) is 7.79. The van der Waals surface area contributed by atoms with Gasteiger partial charge in [0.1, 0.15) is 5.82 Å². The number of ether oxygens (including phenoxy) is 1. The molecule has 0 spiro atoms. The maximum Gasteiger partial charge on any atom is 0.123 e. The molecule has 1 saturated carbocycles. The Morgan fingerprint density at radius 1 is 1.19 bits per heavy atom. The van der Waals surface area contributed by atoms with E-state index in [-0.39, 0.29) is 11.9 Å². The Morgan fingerprint density at radius 2 is 1.88 bits per heavy atom. The zero-order chi connectivity index (χ0) is 11.4. The molecule has 16 heavy (non-hydrogen) atoms. The van der Waals surface area contributed by atoms with Gasteiger partial charge in [0.2, 0.25) is 0 Å². The van der Waals surface area contributed by atoms with Crippen molar-refractivity contribution in [1.29, 1.82) is 0 Å². The fraction of sp³-hybridized carbons (Fsp3) is 0.538. The van der Waals surface area contributed by atoms with Gasteiger partial charge in [-0.2, -0.15) is 0 Å². The highest BCUT2D eigenvalue weighted by Crippen LogP contribution is 2.24. The lowest BCUT2D eigenvalue weighted by atomic mass is 9.92. The van der Waals surface area contributed by atoms with Crippen molar-refractivity contribution in [3.05, 3.63) is 30.1 Å². The highest BCUT2D eigenvalue weighted by Gasteiger charge is 2.24. The molecule has 2 nitrogen and oxygen atoms in total. The van der Waals surface area contributed by atoms with Crippen molar-refractivity contribution in [3.8, 4) is 0 Å². The Morgan fingerprint density at radius 3 is 2.56 bits per heavy atom. The Bertz CT molecular complexity index is 325. The standard InChI is InChI=1S/C13H18FNO/c1-16-13-5-3-2-4-12(13)15-11-8-6-10(14)7-9-11/h6-9,12-13,15H,2-5H2,1H3. The maximum atomic E-state index is 12.8. The second-order valence-corrected chi connectivity index (χ2v) is 4.32. The number of rotatable bonds is 3. The van der Waals surface area contributed by atoms with Crippen LogP contribution in [0.5, 0.6) is 0 Å². The van der Waals surface area contributed by atoms with E-state index in [4.69, 9.17) is 4.74 Å². The molecule has 0 heterocycles. The number of nitrogens with one attached hydrogen (secondary N) is 1. The first kappa shape index (κ1) is 11.4. The molecule has 1 aliphatic rings. The second kappa shape index (κ2) is 5.30. The number of hydrogen-bond acceptors (Lipinski definition) is 2. The molecule has 0 bridgehead atoms. The largest absolute Gasteiger partial charge is 0.380 e. The molecular formula is C13H18FNO. The summed E-state index contributed by atoms with van der Waals surface area (Å²) in [6.07, 6.45) is 4.98. The SMILES string of the molecule is COC1CCCCC1Nc1ccc(F)cc1. The Labute approximate surface area is 95.8 Å². The van der Waals surface area contributed by atoms with Gasteiger partial charge in [0.05, 0.1) is 12.1 Å².